The molecule has 0 aromatic heterocycles. The van der Waals surface area contributed by atoms with Crippen LogP contribution in [-0.4, -0.2) is 21.3 Å². The molecule has 0 unspecified atom stereocenters. The highest BCUT2D eigenvalue weighted by Crippen LogP contribution is 2.42. The highest BCUT2D eigenvalue weighted by Gasteiger charge is 2.21. The van der Waals surface area contributed by atoms with E-state index in [0.29, 0.717) is 35.2 Å². The van der Waals surface area contributed by atoms with Crippen LogP contribution in [0.25, 0.3) is 5.83 Å². The molecule has 0 bridgehead atoms. The smallest absolute Gasteiger partial charge is 0.203 e. The normalized spacial score (nSPS) is 11.9. The van der Waals surface area contributed by atoms with Gasteiger partial charge in [0, 0.05) is 11.3 Å². The Morgan fingerprint density at radius 3 is 2.11 bits per heavy atom. The maximum atomic E-state index is 14.1. The molecule has 0 heterocycles. The van der Waals surface area contributed by atoms with Gasteiger partial charge in [0.15, 0.2) is 39.9 Å². The molecule has 2 aromatic carbocycles. The Morgan fingerprint density at radius 2 is 1.52 bits per heavy atom. The summed E-state index contributed by atoms with van der Waals surface area (Å²) < 4.78 is 83.6. The Hall–Kier alpha value is -2.42. The van der Waals surface area contributed by atoms with Gasteiger partial charge in [-0.3, -0.25) is 0 Å². The number of hydrogen-bond donors (Lipinski definition) is 0. The minimum Gasteiger partial charge on any atom is -0.493 e. The quantitative estimate of drug-likeness (QED) is 0.440. The molecule has 2 rings (SSSR count). The summed E-state index contributed by atoms with van der Waals surface area (Å²) >= 11 is 0.392. The number of ether oxygens (including phenoxy) is 3. The predicted octanol–water partition coefficient (Wildman–Crippen LogP) is 5.63. The molecule has 0 aliphatic rings. The topological polar surface area (TPSA) is 27.7 Å². The molecule has 2 aromatic rings. The molecule has 0 N–H and O–H groups in total. The van der Waals surface area contributed by atoms with Crippen LogP contribution in [0.4, 0.5) is 22.0 Å². The molecule has 27 heavy (non-hydrogen) atoms. The first kappa shape index (κ1) is 20.9. The third kappa shape index (κ3) is 4.29. The van der Waals surface area contributed by atoms with Crippen LogP contribution in [-0.2, 0) is 5.75 Å². The summed E-state index contributed by atoms with van der Waals surface area (Å²) in [7, 11) is 4.19. The summed E-state index contributed by atoms with van der Waals surface area (Å²) in [6, 6.07) is 4.27. The second-order valence-corrected chi connectivity index (χ2v) is 6.03. The van der Waals surface area contributed by atoms with E-state index in [1.54, 1.807) is 12.1 Å². The van der Waals surface area contributed by atoms with Gasteiger partial charge >= 0.3 is 0 Å². The van der Waals surface area contributed by atoms with E-state index in [1.807, 2.05) is 0 Å². The molecule has 0 saturated heterocycles. The summed E-state index contributed by atoms with van der Waals surface area (Å²) in [6.07, 6.45) is 0. The van der Waals surface area contributed by atoms with Gasteiger partial charge in [0.1, 0.15) is 0 Å². The summed E-state index contributed by atoms with van der Waals surface area (Å²) in [5.41, 5.74) is -0.549. The molecule has 0 aliphatic carbocycles. The first-order chi connectivity index (χ1) is 12.8. The molecule has 3 nitrogen and oxygen atoms in total. The lowest BCUT2D eigenvalue weighted by molar-refractivity contribution is 0.323. The first-order valence-corrected chi connectivity index (χ1v) is 8.44. The van der Waals surface area contributed by atoms with Gasteiger partial charge in [-0.15, -0.1) is 0 Å². The van der Waals surface area contributed by atoms with Crippen molar-refractivity contribution in [3.8, 4) is 17.2 Å². The van der Waals surface area contributed by atoms with Crippen molar-refractivity contribution < 1.29 is 36.2 Å². The van der Waals surface area contributed by atoms with Crippen LogP contribution in [0.5, 0.6) is 17.2 Å². The van der Waals surface area contributed by atoms with Crippen molar-refractivity contribution in [1.29, 1.82) is 0 Å². The van der Waals surface area contributed by atoms with E-state index in [2.05, 4.69) is 0 Å². The van der Waals surface area contributed by atoms with Crippen molar-refractivity contribution in [2.24, 2.45) is 0 Å². The van der Waals surface area contributed by atoms with Gasteiger partial charge < -0.3 is 14.2 Å². The number of thioether (sulfide) groups is 1. The van der Waals surface area contributed by atoms with E-state index in [-0.39, 0.29) is 17.3 Å². The second-order valence-electron chi connectivity index (χ2n) is 5.09. The van der Waals surface area contributed by atoms with E-state index in [9.17, 15) is 22.0 Å². The van der Waals surface area contributed by atoms with Crippen LogP contribution < -0.4 is 14.2 Å². The van der Waals surface area contributed by atoms with Crippen LogP contribution in [0.3, 0.4) is 0 Å². The zero-order chi connectivity index (χ0) is 20.1. The van der Waals surface area contributed by atoms with Crippen molar-refractivity contribution in [1.82, 2.24) is 0 Å². The van der Waals surface area contributed by atoms with E-state index < -0.39 is 34.0 Å². The van der Waals surface area contributed by atoms with Gasteiger partial charge in [-0.1, -0.05) is 17.8 Å². The van der Waals surface area contributed by atoms with E-state index in [4.69, 9.17) is 14.2 Å². The van der Waals surface area contributed by atoms with Crippen LogP contribution in [0, 0.1) is 17.5 Å². The Kier molecular flexibility index (Phi) is 6.95. The van der Waals surface area contributed by atoms with E-state index in [0.717, 1.165) is 0 Å². The van der Waals surface area contributed by atoms with Gasteiger partial charge in [-0.2, -0.15) is 4.39 Å². The van der Waals surface area contributed by atoms with Gasteiger partial charge in [-0.25, -0.2) is 17.6 Å². The number of methoxy groups -OCH3 is 3. The second kappa shape index (κ2) is 8.98. The van der Waals surface area contributed by atoms with Crippen LogP contribution >= 0.6 is 11.8 Å². The predicted molar refractivity (Wildman–Crippen MR) is 92.8 cm³/mol. The minimum atomic E-state index is -1.87. The van der Waals surface area contributed by atoms with Gasteiger partial charge in [0.05, 0.1) is 26.9 Å². The Labute approximate surface area is 156 Å². The number of halogens is 5. The molecule has 0 radical (unpaired) electrons. The van der Waals surface area contributed by atoms with Gasteiger partial charge in [0.25, 0.3) is 0 Å². The lowest BCUT2D eigenvalue weighted by Gasteiger charge is -2.15. The number of benzene rings is 2. The highest BCUT2D eigenvalue weighted by atomic mass is 32.2. The summed E-state index contributed by atoms with van der Waals surface area (Å²) in [4.78, 5) is 0. The Morgan fingerprint density at radius 1 is 0.852 bits per heavy atom. The fourth-order valence-corrected chi connectivity index (χ4v) is 3.03. The SMILES string of the molecule is COc1ccc(CSC(F)=C(F)c2ccc(F)c(F)c2F)c(OC)c1OC. The van der Waals surface area contributed by atoms with Crippen molar-refractivity contribution in [2.45, 2.75) is 5.75 Å². The lowest BCUT2D eigenvalue weighted by atomic mass is 10.2. The van der Waals surface area contributed by atoms with Crippen LogP contribution in [0.1, 0.15) is 11.1 Å². The molecular weight excluding hydrogens is 391 g/mol. The van der Waals surface area contributed by atoms with E-state index in [1.165, 1.54) is 21.3 Å². The zero-order valence-electron chi connectivity index (χ0n) is 14.5. The highest BCUT2D eigenvalue weighted by molar-refractivity contribution is 8.02. The molecule has 0 aliphatic heterocycles. The molecule has 0 amide bonds. The van der Waals surface area contributed by atoms with Crippen molar-refractivity contribution in [2.75, 3.05) is 21.3 Å². The maximum Gasteiger partial charge on any atom is 0.203 e. The number of hydrogen-bond acceptors (Lipinski definition) is 4. The number of rotatable bonds is 7. The first-order valence-electron chi connectivity index (χ1n) is 7.45. The van der Waals surface area contributed by atoms with Crippen molar-refractivity contribution in [3.05, 3.63) is 58.0 Å². The van der Waals surface area contributed by atoms with Crippen molar-refractivity contribution >= 4 is 17.6 Å². The van der Waals surface area contributed by atoms with Gasteiger partial charge in [-0.05, 0) is 18.2 Å². The van der Waals surface area contributed by atoms with E-state index >= 15 is 0 Å². The fourth-order valence-electron chi connectivity index (χ4n) is 2.28. The molecule has 146 valence electrons. The summed E-state index contributed by atoms with van der Waals surface area (Å²) in [5, 5.41) is -1.39. The maximum absolute atomic E-state index is 14.1. The Bertz CT molecular complexity index is 871. The Balaban J connectivity index is 2.31. The molecule has 0 spiro atoms. The molecule has 9 heteroatoms. The third-order valence-electron chi connectivity index (χ3n) is 3.58. The average molecular weight is 406 g/mol. The molecule has 0 fully saturated rings. The summed E-state index contributed by atoms with van der Waals surface area (Å²) in [5.74, 6) is -5.98. The molecular formula is C18H15F5O3S. The van der Waals surface area contributed by atoms with Crippen LogP contribution in [0.2, 0.25) is 0 Å². The lowest BCUT2D eigenvalue weighted by Crippen LogP contribution is -1.98. The monoisotopic (exact) mass is 406 g/mol. The fraction of sp³-hybridized carbons (Fsp3) is 0.222. The van der Waals surface area contributed by atoms with Gasteiger partial charge in [0.2, 0.25) is 5.75 Å². The molecule has 0 saturated carbocycles. The van der Waals surface area contributed by atoms with Crippen LogP contribution in [0.15, 0.2) is 29.4 Å². The molecule has 0 atom stereocenters. The standard InChI is InChI=1S/C18H15F5O3S/c1-24-12-7-4-9(16(25-2)17(12)26-3)8-27-18(23)14(21)10-5-6-11(19)15(22)13(10)20/h4-7H,8H2,1-3H3. The summed E-state index contributed by atoms with van der Waals surface area (Å²) in [6.45, 7) is 0. The van der Waals surface area contributed by atoms with Crippen molar-refractivity contribution in [3.63, 3.8) is 0 Å². The zero-order valence-corrected chi connectivity index (χ0v) is 15.4. The minimum absolute atomic E-state index is 0.103. The third-order valence-corrected chi connectivity index (χ3v) is 4.47. The largest absolute Gasteiger partial charge is 0.493 e. The average Bonchev–Trinajstić information content (AvgIpc) is 2.68.